The van der Waals surface area contributed by atoms with Crippen molar-refractivity contribution in [1.82, 2.24) is 4.90 Å². The Morgan fingerprint density at radius 3 is 2.61 bits per heavy atom. The Kier molecular flexibility index (Phi) is 6.12. The van der Waals surface area contributed by atoms with E-state index in [2.05, 4.69) is 20.9 Å². The predicted molar refractivity (Wildman–Crippen MR) is 112 cm³/mol. The fourth-order valence-corrected chi connectivity index (χ4v) is 4.37. The van der Waals surface area contributed by atoms with Crippen LogP contribution in [0.3, 0.4) is 0 Å². The monoisotopic (exact) mass is 479 g/mol. The molecular formula is C19H13BrClN2O4S-. The molecule has 2 aromatic rings. The summed E-state index contributed by atoms with van der Waals surface area (Å²) in [5.41, 5.74) is 1.24. The van der Waals surface area contributed by atoms with Crippen LogP contribution in [0.15, 0.2) is 50.8 Å². The number of amides is 1. The second-order valence-corrected chi connectivity index (χ2v) is 8.05. The Labute approximate surface area is 179 Å². The standard InChI is InChI=1S/C19H14BrClN2O4S/c1-23-17(24)15(8-11-7-12(20)9-14(21)16(11)27-2)28-19(23)22-13-5-3-10(4-6-13)18(25)26/h3-9H,1-2H3,(H,25,26)/p-1/b15-8-,22-19?. The van der Waals surface area contributed by atoms with Crippen LogP contribution >= 0.6 is 39.3 Å². The molecule has 0 atom stereocenters. The number of rotatable bonds is 4. The van der Waals surface area contributed by atoms with Gasteiger partial charge in [0.2, 0.25) is 0 Å². The molecule has 2 aromatic carbocycles. The van der Waals surface area contributed by atoms with Crippen LogP contribution in [0.4, 0.5) is 5.69 Å². The molecule has 1 aliphatic rings. The van der Waals surface area contributed by atoms with Crippen molar-refractivity contribution < 1.29 is 19.4 Å². The van der Waals surface area contributed by atoms with E-state index in [1.54, 1.807) is 37.4 Å². The number of carbonyl (C=O) groups excluding carboxylic acids is 2. The van der Waals surface area contributed by atoms with Gasteiger partial charge >= 0.3 is 0 Å². The third-order valence-electron chi connectivity index (χ3n) is 3.86. The number of amidine groups is 1. The molecule has 9 heteroatoms. The van der Waals surface area contributed by atoms with Gasteiger partial charge in [0.15, 0.2) is 5.17 Å². The highest BCUT2D eigenvalue weighted by atomic mass is 79.9. The fourth-order valence-electron chi connectivity index (χ4n) is 2.48. The smallest absolute Gasteiger partial charge is 0.266 e. The first-order valence-electron chi connectivity index (χ1n) is 7.91. The number of benzene rings is 2. The van der Waals surface area contributed by atoms with E-state index >= 15 is 0 Å². The van der Waals surface area contributed by atoms with Gasteiger partial charge in [0, 0.05) is 17.1 Å². The van der Waals surface area contributed by atoms with Gasteiger partial charge in [0.05, 0.1) is 28.7 Å². The van der Waals surface area contributed by atoms with Gasteiger partial charge in [-0.1, -0.05) is 39.7 Å². The summed E-state index contributed by atoms with van der Waals surface area (Å²) in [6, 6.07) is 9.43. The molecule has 0 aliphatic carbocycles. The molecule has 28 heavy (non-hydrogen) atoms. The number of aliphatic imine (C=N–C) groups is 1. The van der Waals surface area contributed by atoms with Crippen LogP contribution in [-0.4, -0.2) is 36.1 Å². The number of hydrogen-bond donors (Lipinski definition) is 0. The first-order chi connectivity index (χ1) is 13.3. The van der Waals surface area contributed by atoms with Crippen molar-refractivity contribution in [3.63, 3.8) is 0 Å². The summed E-state index contributed by atoms with van der Waals surface area (Å²) in [6.07, 6.45) is 1.70. The average Bonchev–Trinajstić information content (AvgIpc) is 2.90. The number of carboxylic acid groups (broad SMARTS) is 1. The largest absolute Gasteiger partial charge is 0.545 e. The van der Waals surface area contributed by atoms with E-state index in [9.17, 15) is 14.7 Å². The van der Waals surface area contributed by atoms with Crippen LogP contribution in [0.2, 0.25) is 5.02 Å². The highest BCUT2D eigenvalue weighted by Crippen LogP contribution is 2.38. The molecular weight excluding hydrogens is 468 g/mol. The van der Waals surface area contributed by atoms with Crippen molar-refractivity contribution in [3.05, 3.63) is 61.9 Å². The molecule has 0 bridgehead atoms. The van der Waals surface area contributed by atoms with Gasteiger partial charge in [-0.25, -0.2) is 4.99 Å². The van der Waals surface area contributed by atoms with Crippen molar-refractivity contribution in [2.75, 3.05) is 14.2 Å². The third-order valence-corrected chi connectivity index (χ3v) is 5.66. The number of thioether (sulfide) groups is 1. The molecule has 1 amide bonds. The zero-order valence-electron chi connectivity index (χ0n) is 14.7. The highest BCUT2D eigenvalue weighted by molar-refractivity contribution is 9.10. The predicted octanol–water partition coefficient (Wildman–Crippen LogP) is 3.71. The van der Waals surface area contributed by atoms with Crippen molar-refractivity contribution in [3.8, 4) is 5.75 Å². The van der Waals surface area contributed by atoms with Crippen molar-refractivity contribution >= 4 is 68.1 Å². The van der Waals surface area contributed by atoms with Crippen LogP contribution in [0.1, 0.15) is 15.9 Å². The van der Waals surface area contributed by atoms with E-state index in [1.165, 1.54) is 35.9 Å². The van der Waals surface area contributed by atoms with Crippen LogP contribution in [0.25, 0.3) is 6.08 Å². The van der Waals surface area contributed by atoms with E-state index in [0.29, 0.717) is 32.1 Å². The van der Waals surface area contributed by atoms with Crippen molar-refractivity contribution in [2.24, 2.45) is 4.99 Å². The summed E-state index contributed by atoms with van der Waals surface area (Å²) in [4.78, 5) is 29.7. The Bertz CT molecular complexity index is 1020. The van der Waals surface area contributed by atoms with Gasteiger partial charge in [-0.3, -0.25) is 9.69 Å². The molecule has 0 unspecified atom stereocenters. The first kappa shape index (κ1) is 20.4. The second-order valence-electron chi connectivity index (χ2n) is 5.71. The van der Waals surface area contributed by atoms with E-state index in [1.807, 2.05) is 0 Å². The molecule has 0 spiro atoms. The molecule has 6 nitrogen and oxygen atoms in total. The van der Waals surface area contributed by atoms with E-state index in [-0.39, 0.29) is 11.5 Å². The minimum atomic E-state index is -1.26. The number of hydrogen-bond acceptors (Lipinski definition) is 6. The number of likely N-dealkylation sites (N-methyl/N-ethyl adjacent to an activating group) is 1. The van der Waals surface area contributed by atoms with Gasteiger partial charge in [-0.15, -0.1) is 0 Å². The number of nitrogens with zero attached hydrogens (tertiary/aromatic N) is 2. The molecule has 1 fully saturated rings. The highest BCUT2D eigenvalue weighted by Gasteiger charge is 2.30. The van der Waals surface area contributed by atoms with E-state index in [0.717, 1.165) is 4.47 Å². The second kappa shape index (κ2) is 8.38. The van der Waals surface area contributed by atoms with Crippen LogP contribution in [-0.2, 0) is 4.79 Å². The van der Waals surface area contributed by atoms with E-state index in [4.69, 9.17) is 16.3 Å². The number of aromatic carboxylic acids is 1. The lowest BCUT2D eigenvalue weighted by Gasteiger charge is -2.08. The maximum atomic E-state index is 12.6. The molecule has 0 saturated carbocycles. The maximum absolute atomic E-state index is 12.6. The van der Waals surface area contributed by atoms with Gasteiger partial charge in [0.25, 0.3) is 5.91 Å². The molecule has 144 valence electrons. The Morgan fingerprint density at radius 1 is 1.32 bits per heavy atom. The lowest BCUT2D eigenvalue weighted by molar-refractivity contribution is -0.255. The molecule has 0 radical (unpaired) electrons. The van der Waals surface area contributed by atoms with Crippen molar-refractivity contribution in [1.29, 1.82) is 0 Å². The summed E-state index contributed by atoms with van der Waals surface area (Å²) in [5.74, 6) is -1.00. The Balaban J connectivity index is 1.93. The van der Waals surface area contributed by atoms with Gasteiger partial charge in [-0.05, 0) is 47.7 Å². The lowest BCUT2D eigenvalue weighted by atomic mass is 10.2. The van der Waals surface area contributed by atoms with Gasteiger partial charge in [0.1, 0.15) is 5.75 Å². The Morgan fingerprint density at radius 2 is 2.00 bits per heavy atom. The summed E-state index contributed by atoms with van der Waals surface area (Å²) < 4.78 is 6.10. The van der Waals surface area contributed by atoms with Gasteiger partial charge in [-0.2, -0.15) is 0 Å². The minimum absolute atomic E-state index is 0.0617. The Hall–Kier alpha value is -2.29. The van der Waals surface area contributed by atoms with Gasteiger partial charge < -0.3 is 14.6 Å². The minimum Gasteiger partial charge on any atom is -0.545 e. The molecule has 0 aromatic heterocycles. The number of carbonyl (C=O) groups is 2. The summed E-state index contributed by atoms with van der Waals surface area (Å²) >= 11 is 10.8. The van der Waals surface area contributed by atoms with Crippen molar-refractivity contribution in [2.45, 2.75) is 0 Å². The van der Waals surface area contributed by atoms with Crippen LogP contribution in [0, 0.1) is 0 Å². The van der Waals surface area contributed by atoms with E-state index < -0.39 is 5.97 Å². The average molecular weight is 481 g/mol. The zero-order chi connectivity index (χ0) is 20.4. The maximum Gasteiger partial charge on any atom is 0.266 e. The lowest BCUT2D eigenvalue weighted by Crippen LogP contribution is -2.23. The molecule has 1 saturated heterocycles. The zero-order valence-corrected chi connectivity index (χ0v) is 17.9. The van der Waals surface area contributed by atoms with Crippen LogP contribution < -0.4 is 9.84 Å². The number of methoxy groups -OCH3 is 1. The molecule has 3 rings (SSSR count). The molecule has 0 N–H and O–H groups in total. The molecule has 1 aliphatic heterocycles. The topological polar surface area (TPSA) is 82.0 Å². The normalized spacial score (nSPS) is 16.9. The summed E-state index contributed by atoms with van der Waals surface area (Å²) in [6.45, 7) is 0. The van der Waals surface area contributed by atoms with Crippen LogP contribution in [0.5, 0.6) is 5.75 Å². The number of ether oxygens (including phenoxy) is 1. The third kappa shape index (κ3) is 4.24. The quantitative estimate of drug-likeness (QED) is 0.623. The fraction of sp³-hybridized carbons (Fsp3) is 0.105. The summed E-state index contributed by atoms with van der Waals surface area (Å²) in [5, 5.41) is 11.7. The number of carboxylic acids is 1. The molecule has 1 heterocycles. The SMILES string of the molecule is COc1c(Cl)cc(Br)cc1/C=C1\SC(=Nc2ccc(C(=O)[O-])cc2)N(C)C1=O. The summed E-state index contributed by atoms with van der Waals surface area (Å²) in [7, 11) is 3.13. The first-order valence-corrected chi connectivity index (χ1v) is 9.89. The number of halogens is 2.